The molecule has 0 aliphatic carbocycles. The third-order valence-corrected chi connectivity index (χ3v) is 6.06. The number of hydrogen-bond acceptors (Lipinski definition) is 5. The summed E-state index contributed by atoms with van der Waals surface area (Å²) in [4.78, 5) is 28.8. The van der Waals surface area contributed by atoms with Crippen molar-refractivity contribution in [2.75, 3.05) is 23.3 Å². The van der Waals surface area contributed by atoms with E-state index in [0.717, 1.165) is 37.2 Å². The van der Waals surface area contributed by atoms with Crippen LogP contribution in [0.4, 0.5) is 22.2 Å². The van der Waals surface area contributed by atoms with Crippen LogP contribution in [-0.4, -0.2) is 57.0 Å². The van der Waals surface area contributed by atoms with E-state index in [1.165, 1.54) is 0 Å². The van der Waals surface area contributed by atoms with Crippen LogP contribution in [0.2, 0.25) is 0 Å². The summed E-state index contributed by atoms with van der Waals surface area (Å²) in [6, 6.07) is 10.7. The Hall–Kier alpha value is -2.67. The lowest BCUT2D eigenvalue weighted by molar-refractivity contribution is 0.177. The molecule has 0 radical (unpaired) electrons. The highest BCUT2D eigenvalue weighted by Crippen LogP contribution is 2.34. The Kier molecular flexibility index (Phi) is 5.90. The zero-order chi connectivity index (χ0) is 21.3. The standard InChI is InChI=1S/C23H32N6O/c1-16(2)27-12-10-19(11-13-27)25-22-24-14-18-15-28(17(3)4)23(30)29(21(18)26-22)20-8-6-5-7-9-20/h5-9,14,16-17,19H,10-13,15H2,1-4H3,(H,24,25,26). The van der Waals surface area contributed by atoms with E-state index >= 15 is 0 Å². The minimum atomic E-state index is -0.0430. The minimum Gasteiger partial charge on any atom is -0.351 e. The molecule has 0 unspecified atom stereocenters. The first-order valence-electron chi connectivity index (χ1n) is 11.0. The fourth-order valence-corrected chi connectivity index (χ4v) is 4.20. The van der Waals surface area contributed by atoms with Crippen molar-refractivity contribution >= 4 is 23.5 Å². The summed E-state index contributed by atoms with van der Waals surface area (Å²) in [5.74, 6) is 1.28. The quantitative estimate of drug-likeness (QED) is 0.801. The summed E-state index contributed by atoms with van der Waals surface area (Å²) in [5, 5.41) is 3.51. The number of likely N-dealkylation sites (tertiary alicyclic amines) is 1. The van der Waals surface area contributed by atoms with Crippen molar-refractivity contribution in [2.24, 2.45) is 0 Å². The van der Waals surface area contributed by atoms with Gasteiger partial charge >= 0.3 is 6.03 Å². The Labute approximate surface area is 179 Å². The molecule has 7 heteroatoms. The molecular formula is C23H32N6O. The maximum absolute atomic E-state index is 13.3. The van der Waals surface area contributed by atoms with Gasteiger partial charge in [-0.1, -0.05) is 18.2 Å². The second-order valence-electron chi connectivity index (χ2n) is 8.77. The molecule has 0 atom stereocenters. The van der Waals surface area contributed by atoms with Crippen molar-refractivity contribution in [1.82, 2.24) is 19.8 Å². The first kappa shape index (κ1) is 20.6. The van der Waals surface area contributed by atoms with Gasteiger partial charge in [-0.3, -0.25) is 0 Å². The summed E-state index contributed by atoms with van der Waals surface area (Å²) in [7, 11) is 0. The van der Waals surface area contributed by atoms with Gasteiger partial charge in [0.25, 0.3) is 0 Å². The van der Waals surface area contributed by atoms with E-state index in [9.17, 15) is 4.79 Å². The van der Waals surface area contributed by atoms with Gasteiger partial charge in [0.15, 0.2) is 5.82 Å². The summed E-state index contributed by atoms with van der Waals surface area (Å²) in [6.07, 6.45) is 4.01. The van der Waals surface area contributed by atoms with Crippen molar-refractivity contribution in [3.05, 3.63) is 42.1 Å². The fraction of sp³-hybridized carbons (Fsp3) is 0.522. The Morgan fingerprint density at radius 2 is 1.73 bits per heavy atom. The molecule has 2 aliphatic rings. The fourth-order valence-electron chi connectivity index (χ4n) is 4.20. The van der Waals surface area contributed by atoms with E-state index in [2.05, 4.69) is 29.0 Å². The molecule has 1 aromatic carbocycles. The van der Waals surface area contributed by atoms with Crippen LogP contribution < -0.4 is 10.2 Å². The van der Waals surface area contributed by atoms with E-state index < -0.39 is 0 Å². The predicted molar refractivity (Wildman–Crippen MR) is 120 cm³/mol. The molecule has 1 aromatic heterocycles. The highest BCUT2D eigenvalue weighted by Gasteiger charge is 2.34. The first-order valence-corrected chi connectivity index (χ1v) is 11.0. The number of carbonyl (C=O) groups is 1. The minimum absolute atomic E-state index is 0.0430. The molecule has 160 valence electrons. The maximum atomic E-state index is 13.3. The molecule has 1 fully saturated rings. The second kappa shape index (κ2) is 8.60. The Morgan fingerprint density at radius 3 is 2.37 bits per heavy atom. The maximum Gasteiger partial charge on any atom is 0.330 e. The van der Waals surface area contributed by atoms with Gasteiger partial charge in [0, 0.05) is 43.0 Å². The lowest BCUT2D eigenvalue weighted by Crippen LogP contribution is -2.48. The molecule has 0 spiro atoms. The van der Waals surface area contributed by atoms with Crippen LogP contribution in [-0.2, 0) is 6.54 Å². The average molecular weight is 409 g/mol. The van der Waals surface area contributed by atoms with Crippen LogP contribution in [0.1, 0.15) is 46.1 Å². The number of nitrogens with zero attached hydrogens (tertiary/aromatic N) is 5. The van der Waals surface area contributed by atoms with Gasteiger partial charge in [0.1, 0.15) is 0 Å². The monoisotopic (exact) mass is 408 g/mol. The number of rotatable bonds is 5. The van der Waals surface area contributed by atoms with Crippen molar-refractivity contribution in [3.63, 3.8) is 0 Å². The average Bonchev–Trinajstić information content (AvgIpc) is 2.74. The molecule has 4 rings (SSSR count). The summed E-state index contributed by atoms with van der Waals surface area (Å²) >= 11 is 0. The SMILES string of the molecule is CC(C)N1CCC(Nc2ncc3c(n2)N(c2ccccc2)C(=O)N(C(C)C)C3)CC1. The zero-order valence-electron chi connectivity index (χ0n) is 18.4. The number of benzene rings is 1. The van der Waals surface area contributed by atoms with Crippen LogP contribution >= 0.6 is 0 Å². The predicted octanol–water partition coefficient (Wildman–Crippen LogP) is 4.24. The lowest BCUT2D eigenvalue weighted by Gasteiger charge is -2.38. The van der Waals surface area contributed by atoms with Crippen molar-refractivity contribution < 1.29 is 4.79 Å². The number of para-hydroxylation sites is 1. The molecule has 30 heavy (non-hydrogen) atoms. The number of amides is 2. The van der Waals surface area contributed by atoms with Crippen LogP contribution in [0.25, 0.3) is 0 Å². The van der Waals surface area contributed by atoms with Gasteiger partial charge in [-0.15, -0.1) is 0 Å². The molecule has 2 amide bonds. The normalized spacial score (nSPS) is 18.3. The summed E-state index contributed by atoms with van der Waals surface area (Å²) in [5.41, 5.74) is 1.79. The molecule has 2 aromatic rings. The van der Waals surface area contributed by atoms with Gasteiger partial charge < -0.3 is 15.1 Å². The van der Waals surface area contributed by atoms with Gasteiger partial charge in [0.05, 0.1) is 12.2 Å². The molecule has 3 heterocycles. The molecule has 1 saturated heterocycles. The number of piperidine rings is 1. The Morgan fingerprint density at radius 1 is 1.03 bits per heavy atom. The van der Waals surface area contributed by atoms with Crippen LogP contribution in [0, 0.1) is 0 Å². The number of hydrogen-bond donors (Lipinski definition) is 1. The third kappa shape index (κ3) is 4.12. The van der Waals surface area contributed by atoms with E-state index in [0.29, 0.717) is 30.4 Å². The number of carbonyl (C=O) groups excluding carboxylic acids is 1. The topological polar surface area (TPSA) is 64.6 Å². The van der Waals surface area contributed by atoms with E-state index in [1.54, 1.807) is 4.90 Å². The van der Waals surface area contributed by atoms with Crippen LogP contribution in [0.3, 0.4) is 0 Å². The Balaban J connectivity index is 1.60. The lowest BCUT2D eigenvalue weighted by atomic mass is 10.0. The van der Waals surface area contributed by atoms with Gasteiger partial charge in [0.2, 0.25) is 5.95 Å². The molecule has 0 bridgehead atoms. The van der Waals surface area contributed by atoms with E-state index in [4.69, 9.17) is 4.98 Å². The van der Waals surface area contributed by atoms with Gasteiger partial charge in [-0.05, 0) is 52.7 Å². The number of fused-ring (bicyclic) bond motifs is 1. The Bertz CT molecular complexity index is 877. The van der Waals surface area contributed by atoms with Crippen molar-refractivity contribution in [2.45, 2.75) is 65.2 Å². The highest BCUT2D eigenvalue weighted by molar-refractivity contribution is 6.00. The van der Waals surface area contributed by atoms with Crippen molar-refractivity contribution in [1.29, 1.82) is 0 Å². The summed E-state index contributed by atoms with van der Waals surface area (Å²) in [6.45, 7) is 11.3. The molecule has 2 aliphatic heterocycles. The van der Waals surface area contributed by atoms with Crippen LogP contribution in [0.5, 0.6) is 0 Å². The second-order valence-corrected chi connectivity index (χ2v) is 8.77. The van der Waals surface area contributed by atoms with Gasteiger partial charge in [-0.25, -0.2) is 14.7 Å². The first-order chi connectivity index (χ1) is 14.4. The number of aromatic nitrogens is 2. The molecule has 0 saturated carbocycles. The zero-order valence-corrected chi connectivity index (χ0v) is 18.4. The van der Waals surface area contributed by atoms with Crippen LogP contribution in [0.15, 0.2) is 36.5 Å². The largest absolute Gasteiger partial charge is 0.351 e. The summed E-state index contributed by atoms with van der Waals surface area (Å²) < 4.78 is 0. The number of nitrogens with one attached hydrogen (secondary N) is 1. The molecule has 1 N–H and O–H groups in total. The molecular weight excluding hydrogens is 376 g/mol. The smallest absolute Gasteiger partial charge is 0.330 e. The molecule has 7 nitrogen and oxygen atoms in total. The number of urea groups is 1. The van der Waals surface area contributed by atoms with Gasteiger partial charge in [-0.2, -0.15) is 4.98 Å². The van der Waals surface area contributed by atoms with E-state index in [1.807, 2.05) is 55.3 Å². The highest BCUT2D eigenvalue weighted by atomic mass is 16.2. The number of anilines is 3. The van der Waals surface area contributed by atoms with E-state index in [-0.39, 0.29) is 12.1 Å². The third-order valence-electron chi connectivity index (χ3n) is 6.06. The van der Waals surface area contributed by atoms with Crippen molar-refractivity contribution in [3.8, 4) is 0 Å².